The van der Waals surface area contributed by atoms with Gasteiger partial charge in [-0.25, -0.2) is 10.2 Å². The van der Waals surface area contributed by atoms with Crippen LogP contribution in [0.2, 0.25) is 0 Å². The number of rotatable bonds is 2. The fraction of sp³-hybridized carbons (Fsp3) is 0.429. The van der Waals surface area contributed by atoms with Gasteiger partial charge in [0, 0.05) is 13.6 Å². The lowest BCUT2D eigenvalue weighted by molar-refractivity contribution is 0.652. The summed E-state index contributed by atoms with van der Waals surface area (Å²) in [6, 6.07) is -0.0957. The average Bonchev–Trinajstić information content (AvgIpc) is 2.89. The minimum Gasteiger partial charge on any atom is -0.294 e. The summed E-state index contributed by atoms with van der Waals surface area (Å²) < 4.78 is 4.41. The predicted molar refractivity (Wildman–Crippen MR) is 85.5 cm³/mol. The van der Waals surface area contributed by atoms with Crippen molar-refractivity contribution in [1.29, 1.82) is 0 Å². The van der Waals surface area contributed by atoms with Gasteiger partial charge in [0.15, 0.2) is 11.2 Å². The van der Waals surface area contributed by atoms with Crippen LogP contribution >= 0.6 is 0 Å². The Morgan fingerprint density at radius 3 is 2.77 bits per heavy atom. The molecule has 0 bridgehead atoms. The van der Waals surface area contributed by atoms with Gasteiger partial charge in [0.05, 0.1) is 11.8 Å². The Balaban J connectivity index is 2.41. The maximum Gasteiger partial charge on any atom is 0.332 e. The molecule has 1 N–H and O–H groups in total. The van der Waals surface area contributed by atoms with Crippen molar-refractivity contribution in [3.8, 4) is 0 Å². The lowest BCUT2D eigenvalue weighted by Gasteiger charge is -2.21. The zero-order valence-electron chi connectivity index (χ0n) is 13.0. The van der Waals surface area contributed by atoms with Crippen molar-refractivity contribution in [3.63, 3.8) is 0 Å². The van der Waals surface area contributed by atoms with Gasteiger partial charge < -0.3 is 0 Å². The summed E-state index contributed by atoms with van der Waals surface area (Å²) in [6.07, 6.45) is 3.58. The van der Waals surface area contributed by atoms with E-state index in [1.165, 1.54) is 9.13 Å². The molecule has 2 aromatic heterocycles. The number of nitrogens with one attached hydrogen (secondary N) is 1. The molecule has 0 amide bonds. The molecular weight excluding hydrogens is 284 g/mol. The van der Waals surface area contributed by atoms with Gasteiger partial charge in [-0.2, -0.15) is 10.1 Å². The normalized spacial score (nSPS) is 17.6. The molecule has 0 radical (unpaired) electrons. The number of fused-ring (bicyclic) bond motifs is 3. The molecule has 8 heteroatoms. The summed E-state index contributed by atoms with van der Waals surface area (Å²) in [6.45, 7) is 5.92. The van der Waals surface area contributed by atoms with Gasteiger partial charge >= 0.3 is 5.69 Å². The van der Waals surface area contributed by atoms with Crippen LogP contribution in [-0.2, 0) is 13.6 Å². The van der Waals surface area contributed by atoms with Crippen LogP contribution in [0.25, 0.3) is 11.2 Å². The summed E-state index contributed by atoms with van der Waals surface area (Å²) in [4.78, 5) is 29.5. The van der Waals surface area contributed by atoms with E-state index in [0.717, 1.165) is 5.71 Å². The van der Waals surface area contributed by atoms with Crippen LogP contribution in [0.5, 0.6) is 0 Å². The van der Waals surface area contributed by atoms with E-state index in [-0.39, 0.29) is 23.8 Å². The summed E-state index contributed by atoms with van der Waals surface area (Å²) in [5, 5.41) is 4.18. The summed E-state index contributed by atoms with van der Waals surface area (Å²) in [5.41, 5.74) is 3.74. The molecule has 3 heterocycles. The molecule has 0 aromatic carbocycles. The SMILES string of the molecule is C/C=C/Cn1c(=O)c2c(nc3n2[C@@H](C)C(C)=NN3)n(C)c1=O. The number of hydrogen-bond donors (Lipinski definition) is 1. The zero-order chi connectivity index (χ0) is 16.0. The van der Waals surface area contributed by atoms with Crippen molar-refractivity contribution in [1.82, 2.24) is 18.7 Å². The first-order valence-electron chi connectivity index (χ1n) is 7.10. The molecule has 0 saturated heterocycles. The molecule has 1 atom stereocenters. The number of hydrazone groups is 1. The highest BCUT2D eigenvalue weighted by Crippen LogP contribution is 2.25. The van der Waals surface area contributed by atoms with Gasteiger partial charge in [-0.15, -0.1) is 0 Å². The van der Waals surface area contributed by atoms with Crippen LogP contribution in [0.1, 0.15) is 26.8 Å². The molecule has 0 spiro atoms. The molecule has 2 aromatic rings. The first kappa shape index (κ1) is 14.3. The zero-order valence-corrected chi connectivity index (χ0v) is 13.0. The Kier molecular flexibility index (Phi) is 3.23. The van der Waals surface area contributed by atoms with Crippen LogP contribution in [0.3, 0.4) is 0 Å². The monoisotopic (exact) mass is 302 g/mol. The molecule has 8 nitrogen and oxygen atoms in total. The standard InChI is InChI=1S/C14H18N6O2/c1-5-6-7-19-12(21)10-11(18(4)14(19)22)15-13-17-16-8(2)9(3)20(10)13/h5-6,9H,7H2,1-4H3,(H,15,17)/b6-5+/t9-/m0/s1. The Bertz CT molecular complexity index is 927. The molecule has 0 unspecified atom stereocenters. The van der Waals surface area contributed by atoms with Gasteiger partial charge in [-0.1, -0.05) is 12.2 Å². The number of hydrogen-bond acceptors (Lipinski definition) is 5. The van der Waals surface area contributed by atoms with E-state index in [4.69, 9.17) is 0 Å². The van der Waals surface area contributed by atoms with Crippen LogP contribution < -0.4 is 16.7 Å². The van der Waals surface area contributed by atoms with Gasteiger partial charge in [-0.05, 0) is 20.8 Å². The Morgan fingerprint density at radius 2 is 2.09 bits per heavy atom. The number of allylic oxidation sites excluding steroid dienone is 2. The molecule has 0 aliphatic carbocycles. The fourth-order valence-electron chi connectivity index (χ4n) is 2.59. The molecular formula is C14H18N6O2. The number of aromatic nitrogens is 4. The van der Waals surface area contributed by atoms with Crippen molar-refractivity contribution >= 4 is 22.8 Å². The van der Waals surface area contributed by atoms with E-state index in [1.54, 1.807) is 17.7 Å². The Hall–Kier alpha value is -2.64. The molecule has 0 fully saturated rings. The lowest BCUT2D eigenvalue weighted by atomic mass is 10.2. The highest BCUT2D eigenvalue weighted by atomic mass is 16.2. The highest BCUT2D eigenvalue weighted by Gasteiger charge is 2.26. The number of aryl methyl sites for hydroxylation is 1. The first-order chi connectivity index (χ1) is 10.5. The third-order valence-corrected chi connectivity index (χ3v) is 4.02. The molecule has 1 aliphatic rings. The van der Waals surface area contributed by atoms with E-state index < -0.39 is 0 Å². The Morgan fingerprint density at radius 1 is 1.36 bits per heavy atom. The topological polar surface area (TPSA) is 86.2 Å². The van der Waals surface area contributed by atoms with Gasteiger partial charge in [-0.3, -0.25) is 18.5 Å². The fourth-order valence-corrected chi connectivity index (χ4v) is 2.59. The highest BCUT2D eigenvalue weighted by molar-refractivity contribution is 5.90. The third-order valence-electron chi connectivity index (χ3n) is 4.02. The van der Waals surface area contributed by atoms with Crippen LogP contribution in [-0.4, -0.2) is 24.4 Å². The van der Waals surface area contributed by atoms with E-state index >= 15 is 0 Å². The summed E-state index contributed by atoms with van der Waals surface area (Å²) in [7, 11) is 1.62. The minimum absolute atomic E-state index is 0.0957. The first-order valence-corrected chi connectivity index (χ1v) is 7.10. The number of nitrogens with zero attached hydrogens (tertiary/aromatic N) is 5. The van der Waals surface area contributed by atoms with Crippen LogP contribution in [0, 0.1) is 0 Å². The van der Waals surface area contributed by atoms with E-state index in [1.807, 2.05) is 26.8 Å². The predicted octanol–water partition coefficient (Wildman–Crippen LogP) is 0.835. The molecule has 116 valence electrons. The van der Waals surface area contributed by atoms with Crippen molar-refractivity contribution in [2.24, 2.45) is 12.1 Å². The molecule has 0 saturated carbocycles. The van der Waals surface area contributed by atoms with Gasteiger partial charge in [0.2, 0.25) is 5.95 Å². The lowest BCUT2D eigenvalue weighted by Crippen LogP contribution is -2.39. The van der Waals surface area contributed by atoms with E-state index in [0.29, 0.717) is 17.1 Å². The molecule has 3 rings (SSSR count). The molecule has 22 heavy (non-hydrogen) atoms. The quantitative estimate of drug-likeness (QED) is 0.833. The third kappa shape index (κ3) is 1.83. The second-order valence-electron chi connectivity index (χ2n) is 5.34. The second kappa shape index (κ2) is 4.97. The van der Waals surface area contributed by atoms with Crippen molar-refractivity contribution in [3.05, 3.63) is 33.0 Å². The average molecular weight is 302 g/mol. The number of imidazole rings is 1. The smallest absolute Gasteiger partial charge is 0.294 e. The maximum atomic E-state index is 12.8. The largest absolute Gasteiger partial charge is 0.332 e. The van der Waals surface area contributed by atoms with Gasteiger partial charge in [0.25, 0.3) is 5.56 Å². The maximum absolute atomic E-state index is 12.8. The van der Waals surface area contributed by atoms with Crippen molar-refractivity contribution in [2.75, 3.05) is 5.43 Å². The van der Waals surface area contributed by atoms with E-state index in [9.17, 15) is 9.59 Å². The van der Waals surface area contributed by atoms with Crippen molar-refractivity contribution < 1.29 is 0 Å². The van der Waals surface area contributed by atoms with Crippen LogP contribution in [0.4, 0.5) is 5.95 Å². The minimum atomic E-state index is -0.378. The van der Waals surface area contributed by atoms with Crippen LogP contribution in [0.15, 0.2) is 26.8 Å². The number of anilines is 1. The summed E-state index contributed by atoms with van der Waals surface area (Å²) >= 11 is 0. The molecule has 1 aliphatic heterocycles. The van der Waals surface area contributed by atoms with Gasteiger partial charge in [0.1, 0.15) is 0 Å². The second-order valence-corrected chi connectivity index (χ2v) is 5.34. The Labute approximate surface area is 126 Å². The summed E-state index contributed by atoms with van der Waals surface area (Å²) in [5.74, 6) is 0.476. The van der Waals surface area contributed by atoms with E-state index in [2.05, 4.69) is 15.5 Å². The van der Waals surface area contributed by atoms with Crippen molar-refractivity contribution in [2.45, 2.75) is 33.4 Å².